The Labute approximate surface area is 86.6 Å². The molecule has 0 atom stereocenters. The molecule has 0 spiro atoms. The van der Waals surface area contributed by atoms with Gasteiger partial charge in [0.25, 0.3) is 0 Å². The summed E-state index contributed by atoms with van der Waals surface area (Å²) < 4.78 is 21.6. The van der Waals surface area contributed by atoms with Crippen molar-refractivity contribution >= 4 is 44.9 Å². The number of halogens is 2. The van der Waals surface area contributed by atoms with Gasteiger partial charge in [0, 0.05) is 4.11 Å². The molecule has 0 aliphatic rings. The summed E-state index contributed by atoms with van der Waals surface area (Å²) in [6.07, 6.45) is 0. The molecule has 6 heteroatoms. The minimum absolute atomic E-state index is 0.0176. The number of rotatable bonds is 0. The lowest BCUT2D eigenvalue weighted by molar-refractivity contribution is 1.21. The van der Waals surface area contributed by atoms with Gasteiger partial charge in [0.15, 0.2) is 5.15 Å². The third-order valence-electron chi connectivity index (χ3n) is 1.19. The maximum atomic E-state index is 7.19. The van der Waals surface area contributed by atoms with Crippen molar-refractivity contribution in [2.24, 2.45) is 0 Å². The lowest BCUT2D eigenvalue weighted by atomic mass is 10.6. The number of nitrogens with zero attached hydrogens (tertiary/aromatic N) is 3. The molecule has 0 amide bonds. The molecule has 2 aromatic rings. The van der Waals surface area contributed by atoms with Crippen molar-refractivity contribution in [3.63, 3.8) is 0 Å². The summed E-state index contributed by atoms with van der Waals surface area (Å²) in [6.45, 7) is -2.26. The number of hydrogen-bond acceptors (Lipinski definition) is 4. The Balaban J connectivity index is 2.71. The Kier molecular flexibility index (Phi) is 1.24. The smallest absolute Gasteiger partial charge is 0.225 e. The number of aromatic nitrogens is 3. The van der Waals surface area contributed by atoms with Crippen molar-refractivity contribution < 1.29 is 4.11 Å². The predicted molar refractivity (Wildman–Crippen MR) is 50.0 cm³/mol. The Morgan fingerprint density at radius 1 is 1.33 bits per heavy atom. The standard InChI is InChI=1S/C6H3Cl2N3S/c1-2-9-3-4(7)10-6(8)11-5(3)12-2/h1H3/i1D3. The van der Waals surface area contributed by atoms with Crippen molar-refractivity contribution in [1.29, 1.82) is 0 Å². The van der Waals surface area contributed by atoms with Crippen LogP contribution in [0.2, 0.25) is 10.4 Å². The summed E-state index contributed by atoms with van der Waals surface area (Å²) in [5.41, 5.74) is 0.275. The summed E-state index contributed by atoms with van der Waals surface area (Å²) >= 11 is 12.3. The number of fused-ring (bicyclic) bond motifs is 1. The van der Waals surface area contributed by atoms with Gasteiger partial charge < -0.3 is 0 Å². The summed E-state index contributed by atoms with van der Waals surface area (Å²) in [5.74, 6) is 0. The molecule has 0 aliphatic heterocycles. The number of hydrogen-bond donors (Lipinski definition) is 0. The molecule has 0 aromatic carbocycles. The highest BCUT2D eigenvalue weighted by Crippen LogP contribution is 2.25. The van der Waals surface area contributed by atoms with E-state index in [0.29, 0.717) is 4.83 Å². The fourth-order valence-electron chi connectivity index (χ4n) is 0.765. The molecular formula is C6H3Cl2N3S. The molecule has 0 N–H and O–H groups in total. The van der Waals surface area contributed by atoms with Crippen LogP contribution in [0.3, 0.4) is 0 Å². The van der Waals surface area contributed by atoms with Crippen LogP contribution in [0.4, 0.5) is 0 Å². The first-order valence-corrected chi connectivity index (χ1v) is 4.45. The van der Waals surface area contributed by atoms with Crippen LogP contribution in [0.5, 0.6) is 0 Å². The van der Waals surface area contributed by atoms with Crippen molar-refractivity contribution in [2.45, 2.75) is 6.85 Å². The van der Waals surface area contributed by atoms with E-state index in [9.17, 15) is 0 Å². The van der Waals surface area contributed by atoms with Crippen LogP contribution < -0.4 is 0 Å². The molecule has 2 heterocycles. The first-order valence-electron chi connectivity index (χ1n) is 4.38. The Morgan fingerprint density at radius 3 is 2.92 bits per heavy atom. The average Bonchev–Trinajstić information content (AvgIpc) is 2.46. The van der Waals surface area contributed by atoms with Crippen molar-refractivity contribution in [1.82, 2.24) is 15.0 Å². The fraction of sp³-hybridized carbons (Fsp3) is 0.167. The minimum Gasteiger partial charge on any atom is -0.236 e. The molecular weight excluding hydrogens is 217 g/mol. The first kappa shape index (κ1) is 5.32. The van der Waals surface area contributed by atoms with Gasteiger partial charge in [0.2, 0.25) is 5.28 Å². The van der Waals surface area contributed by atoms with Gasteiger partial charge in [-0.15, -0.1) is 0 Å². The fourth-order valence-corrected chi connectivity index (χ4v) is 1.99. The van der Waals surface area contributed by atoms with Crippen LogP contribution in [0.25, 0.3) is 10.3 Å². The zero-order valence-electron chi connectivity index (χ0n) is 8.51. The van der Waals surface area contributed by atoms with Crippen LogP contribution in [0.15, 0.2) is 0 Å². The van der Waals surface area contributed by atoms with Crippen molar-refractivity contribution in [3.8, 4) is 0 Å². The summed E-state index contributed by atoms with van der Waals surface area (Å²) in [6, 6.07) is 0. The maximum absolute atomic E-state index is 7.19. The second-order valence-corrected chi connectivity index (χ2v) is 3.63. The normalized spacial score (nSPS) is 15.7. The Bertz CT molecular complexity index is 524. The van der Waals surface area contributed by atoms with Crippen molar-refractivity contribution in [3.05, 3.63) is 15.4 Å². The second kappa shape index (κ2) is 2.80. The monoisotopic (exact) mass is 222 g/mol. The molecule has 0 bridgehead atoms. The molecule has 0 aliphatic carbocycles. The van der Waals surface area contributed by atoms with Crippen molar-refractivity contribution in [2.75, 3.05) is 0 Å². The van der Waals surface area contributed by atoms with Gasteiger partial charge in [-0.3, -0.25) is 0 Å². The largest absolute Gasteiger partial charge is 0.236 e. The molecule has 0 fully saturated rings. The highest BCUT2D eigenvalue weighted by atomic mass is 35.5. The van der Waals surface area contributed by atoms with E-state index in [0.717, 1.165) is 11.3 Å². The van der Waals surface area contributed by atoms with E-state index in [4.69, 9.17) is 27.3 Å². The molecule has 12 heavy (non-hydrogen) atoms. The summed E-state index contributed by atoms with van der Waals surface area (Å²) in [4.78, 5) is 11.8. The number of aryl methyl sites for hydroxylation is 1. The van der Waals surface area contributed by atoms with Gasteiger partial charge in [0.05, 0.1) is 5.01 Å². The predicted octanol–water partition coefficient (Wildman–Crippen LogP) is 2.70. The van der Waals surface area contributed by atoms with Gasteiger partial charge in [-0.2, -0.15) is 0 Å². The highest BCUT2D eigenvalue weighted by Gasteiger charge is 2.08. The maximum Gasteiger partial charge on any atom is 0.225 e. The van der Waals surface area contributed by atoms with E-state index in [2.05, 4.69) is 15.0 Å². The lowest BCUT2D eigenvalue weighted by Gasteiger charge is -1.90. The van der Waals surface area contributed by atoms with Gasteiger partial charge in [-0.05, 0) is 18.5 Å². The van der Waals surface area contributed by atoms with E-state index in [-0.39, 0.29) is 21.0 Å². The van der Waals surface area contributed by atoms with E-state index in [1.54, 1.807) is 0 Å². The van der Waals surface area contributed by atoms with Gasteiger partial charge in [-0.1, -0.05) is 22.9 Å². The number of thiazole rings is 1. The van der Waals surface area contributed by atoms with Crippen LogP contribution in [-0.2, 0) is 0 Å². The van der Waals surface area contributed by atoms with Gasteiger partial charge in [-0.25, -0.2) is 15.0 Å². The van der Waals surface area contributed by atoms with E-state index in [1.807, 2.05) is 0 Å². The zero-order valence-corrected chi connectivity index (χ0v) is 7.83. The lowest BCUT2D eigenvalue weighted by Crippen LogP contribution is -1.83. The molecule has 2 aromatic heterocycles. The molecule has 2 rings (SSSR count). The first-order chi connectivity index (χ1) is 6.88. The third kappa shape index (κ3) is 1.26. The highest BCUT2D eigenvalue weighted by molar-refractivity contribution is 7.18. The van der Waals surface area contributed by atoms with E-state index in [1.165, 1.54) is 0 Å². The topological polar surface area (TPSA) is 38.7 Å². The molecule has 0 saturated heterocycles. The van der Waals surface area contributed by atoms with Gasteiger partial charge in [0.1, 0.15) is 10.3 Å². The van der Waals surface area contributed by atoms with Crippen LogP contribution >= 0.6 is 34.5 Å². The van der Waals surface area contributed by atoms with E-state index < -0.39 is 6.85 Å². The van der Waals surface area contributed by atoms with Crippen LogP contribution in [0.1, 0.15) is 9.12 Å². The minimum atomic E-state index is -2.26. The third-order valence-corrected chi connectivity index (χ3v) is 2.38. The Hall–Kier alpha value is -0.450. The van der Waals surface area contributed by atoms with Gasteiger partial charge >= 0.3 is 0 Å². The zero-order chi connectivity index (χ0) is 11.2. The quantitative estimate of drug-likeness (QED) is 0.509. The van der Waals surface area contributed by atoms with Crippen LogP contribution in [-0.4, -0.2) is 15.0 Å². The molecule has 3 nitrogen and oxygen atoms in total. The molecule has 62 valence electrons. The van der Waals surface area contributed by atoms with E-state index >= 15 is 0 Å². The SMILES string of the molecule is [2H]C([2H])([2H])c1nc2c(Cl)nc(Cl)nc2s1. The molecule has 0 unspecified atom stereocenters. The summed E-state index contributed by atoms with van der Waals surface area (Å²) in [7, 11) is 0. The van der Waals surface area contributed by atoms with Crippen LogP contribution in [0, 0.1) is 6.85 Å². The molecule has 0 saturated carbocycles. The summed E-state index contributed by atoms with van der Waals surface area (Å²) in [5, 5.41) is 0.0287. The average molecular weight is 223 g/mol. The molecule has 0 radical (unpaired) electrons. The Morgan fingerprint density at radius 2 is 2.17 bits per heavy atom. The second-order valence-electron chi connectivity index (χ2n) is 1.96.